The second-order valence-corrected chi connectivity index (χ2v) is 8.64. The first-order valence-corrected chi connectivity index (χ1v) is 11.4. The summed E-state index contributed by atoms with van der Waals surface area (Å²) in [7, 11) is 1.31. The molecular formula is C26H29N3O5. The van der Waals surface area contributed by atoms with Crippen LogP contribution < -0.4 is 5.32 Å². The predicted molar refractivity (Wildman–Crippen MR) is 127 cm³/mol. The second-order valence-electron chi connectivity index (χ2n) is 8.64. The van der Waals surface area contributed by atoms with Gasteiger partial charge in [-0.15, -0.1) is 0 Å². The number of aromatic amines is 1. The number of hydrogen-bond acceptors (Lipinski definition) is 5. The van der Waals surface area contributed by atoms with Gasteiger partial charge in [0.2, 0.25) is 5.91 Å². The Kier molecular flexibility index (Phi) is 6.98. The lowest BCUT2D eigenvalue weighted by Gasteiger charge is -2.35. The maximum Gasteiger partial charge on any atom is 0.326 e. The molecule has 0 aliphatic carbocycles. The minimum atomic E-state index is -1.05. The normalized spacial score (nSPS) is 17.1. The standard InChI is InChI=1S/C26H29N3O5/c1-16(27-21(26(33)34-2)13-12-17-8-4-3-5-9-17)24(30)29-15-22-19(14-23(29)25(31)32)18-10-6-7-11-20(18)28-22/h3-11,16,21,23,27-28H,12-15H2,1-2H3,(H,31,32)/t16-,21?,23-/m0/s1. The zero-order valence-corrected chi connectivity index (χ0v) is 19.3. The molecule has 3 aromatic rings. The summed E-state index contributed by atoms with van der Waals surface area (Å²) in [5.41, 5.74) is 3.77. The predicted octanol–water partition coefficient (Wildman–Crippen LogP) is 2.66. The summed E-state index contributed by atoms with van der Waals surface area (Å²) in [4.78, 5) is 42.6. The van der Waals surface area contributed by atoms with Crippen LogP contribution in [0.15, 0.2) is 54.6 Å². The number of carbonyl (C=O) groups is 3. The van der Waals surface area contributed by atoms with Crippen molar-refractivity contribution in [1.82, 2.24) is 15.2 Å². The van der Waals surface area contributed by atoms with Gasteiger partial charge >= 0.3 is 11.9 Å². The van der Waals surface area contributed by atoms with Crippen molar-refractivity contribution in [2.45, 2.75) is 50.9 Å². The van der Waals surface area contributed by atoms with Gasteiger partial charge in [0, 0.05) is 23.0 Å². The molecule has 1 unspecified atom stereocenters. The van der Waals surface area contributed by atoms with Crippen LogP contribution in [0.1, 0.15) is 30.2 Å². The summed E-state index contributed by atoms with van der Waals surface area (Å²) < 4.78 is 4.94. The minimum absolute atomic E-state index is 0.165. The Balaban J connectivity index is 1.51. The fraction of sp³-hybridized carbons (Fsp3) is 0.346. The first-order chi connectivity index (χ1) is 16.4. The van der Waals surface area contributed by atoms with Gasteiger partial charge in [-0.3, -0.25) is 14.9 Å². The lowest BCUT2D eigenvalue weighted by molar-refractivity contribution is -0.153. The largest absolute Gasteiger partial charge is 0.480 e. The van der Waals surface area contributed by atoms with Crippen molar-refractivity contribution in [3.8, 4) is 0 Å². The second kappa shape index (κ2) is 10.1. The molecule has 0 bridgehead atoms. The SMILES string of the molecule is COC(=O)C(CCc1ccccc1)N[C@@H](C)C(=O)N1Cc2[nH]c3ccccc3c2C[C@H]1C(=O)O. The Bertz CT molecular complexity index is 1190. The van der Waals surface area contributed by atoms with Crippen molar-refractivity contribution < 1.29 is 24.2 Å². The molecule has 4 rings (SSSR count). The zero-order valence-electron chi connectivity index (χ0n) is 19.3. The highest BCUT2D eigenvalue weighted by Crippen LogP contribution is 2.30. The van der Waals surface area contributed by atoms with E-state index in [0.717, 1.165) is 27.7 Å². The van der Waals surface area contributed by atoms with E-state index in [0.29, 0.717) is 12.8 Å². The van der Waals surface area contributed by atoms with Gasteiger partial charge in [-0.25, -0.2) is 4.79 Å². The lowest BCUT2D eigenvalue weighted by atomic mass is 9.96. The van der Waals surface area contributed by atoms with Gasteiger partial charge in [0.15, 0.2) is 0 Å². The maximum absolute atomic E-state index is 13.4. The molecule has 178 valence electrons. The molecule has 1 amide bonds. The third-order valence-corrected chi connectivity index (χ3v) is 6.44. The number of aromatic nitrogens is 1. The van der Waals surface area contributed by atoms with Gasteiger partial charge in [-0.2, -0.15) is 0 Å². The van der Waals surface area contributed by atoms with Gasteiger partial charge in [0.05, 0.1) is 19.7 Å². The molecule has 0 saturated carbocycles. The number of H-pyrrole nitrogens is 1. The van der Waals surface area contributed by atoms with Crippen LogP contribution in [0.5, 0.6) is 0 Å². The molecule has 0 radical (unpaired) electrons. The van der Waals surface area contributed by atoms with Gasteiger partial charge in [0.25, 0.3) is 0 Å². The number of aliphatic carboxylic acids is 1. The molecule has 8 nitrogen and oxygen atoms in total. The highest BCUT2D eigenvalue weighted by molar-refractivity contribution is 5.91. The Morgan fingerprint density at radius 2 is 1.85 bits per heavy atom. The molecule has 1 aromatic heterocycles. The molecule has 1 aliphatic rings. The molecule has 1 aliphatic heterocycles. The molecule has 2 heterocycles. The highest BCUT2D eigenvalue weighted by Gasteiger charge is 2.38. The van der Waals surface area contributed by atoms with Gasteiger partial charge in [-0.05, 0) is 37.0 Å². The number of aryl methyl sites for hydroxylation is 1. The van der Waals surface area contributed by atoms with E-state index in [1.54, 1.807) is 6.92 Å². The number of benzene rings is 2. The molecule has 2 aromatic carbocycles. The van der Waals surface area contributed by atoms with Crippen molar-refractivity contribution in [3.63, 3.8) is 0 Å². The molecule has 3 atom stereocenters. The van der Waals surface area contributed by atoms with E-state index < -0.39 is 30.1 Å². The van der Waals surface area contributed by atoms with Crippen LogP contribution in [-0.2, 0) is 38.5 Å². The van der Waals surface area contributed by atoms with Crippen molar-refractivity contribution in [3.05, 3.63) is 71.4 Å². The van der Waals surface area contributed by atoms with Crippen molar-refractivity contribution in [2.24, 2.45) is 0 Å². The third-order valence-electron chi connectivity index (χ3n) is 6.44. The number of nitrogens with one attached hydrogen (secondary N) is 2. The van der Waals surface area contributed by atoms with Crippen LogP contribution in [0.3, 0.4) is 0 Å². The minimum Gasteiger partial charge on any atom is -0.480 e. The van der Waals surface area contributed by atoms with E-state index in [4.69, 9.17) is 4.74 Å². The number of rotatable bonds is 8. The van der Waals surface area contributed by atoms with E-state index >= 15 is 0 Å². The summed E-state index contributed by atoms with van der Waals surface area (Å²) in [6.07, 6.45) is 1.30. The summed E-state index contributed by atoms with van der Waals surface area (Å²) in [5.74, 6) is -1.88. The quantitative estimate of drug-likeness (QED) is 0.443. The van der Waals surface area contributed by atoms with E-state index in [1.807, 2.05) is 54.6 Å². The monoisotopic (exact) mass is 463 g/mol. The number of carboxylic acids is 1. The molecule has 0 fully saturated rings. The first kappa shape index (κ1) is 23.5. The fourth-order valence-corrected chi connectivity index (χ4v) is 4.65. The fourth-order valence-electron chi connectivity index (χ4n) is 4.65. The summed E-state index contributed by atoms with van der Waals surface area (Å²) >= 11 is 0. The number of hydrogen-bond donors (Lipinski definition) is 3. The number of carbonyl (C=O) groups excluding carboxylic acids is 2. The van der Waals surface area contributed by atoms with E-state index in [-0.39, 0.29) is 18.9 Å². The Morgan fingerprint density at radius 3 is 2.56 bits per heavy atom. The number of para-hydroxylation sites is 1. The van der Waals surface area contributed by atoms with Crippen LogP contribution in [0.2, 0.25) is 0 Å². The highest BCUT2D eigenvalue weighted by atomic mass is 16.5. The summed E-state index contributed by atoms with van der Waals surface area (Å²) in [6.45, 7) is 1.82. The number of esters is 1. The Labute approximate surface area is 197 Å². The topological polar surface area (TPSA) is 112 Å². The average Bonchev–Trinajstić information content (AvgIpc) is 3.22. The average molecular weight is 464 g/mol. The number of nitrogens with zero attached hydrogens (tertiary/aromatic N) is 1. The van der Waals surface area contributed by atoms with E-state index in [1.165, 1.54) is 12.0 Å². The van der Waals surface area contributed by atoms with Crippen LogP contribution in [0, 0.1) is 0 Å². The molecule has 0 saturated heterocycles. The molecule has 0 spiro atoms. The van der Waals surface area contributed by atoms with Crippen molar-refractivity contribution in [2.75, 3.05) is 7.11 Å². The Morgan fingerprint density at radius 1 is 1.15 bits per heavy atom. The zero-order chi connectivity index (χ0) is 24.2. The number of carboxylic acid groups (broad SMARTS) is 1. The number of methoxy groups -OCH3 is 1. The molecule has 8 heteroatoms. The molecule has 3 N–H and O–H groups in total. The van der Waals surface area contributed by atoms with Crippen LogP contribution in [0.25, 0.3) is 10.9 Å². The third kappa shape index (κ3) is 4.82. The van der Waals surface area contributed by atoms with Crippen LogP contribution in [-0.4, -0.2) is 58.1 Å². The smallest absolute Gasteiger partial charge is 0.326 e. The molecular weight excluding hydrogens is 434 g/mol. The summed E-state index contributed by atoms with van der Waals surface area (Å²) in [5, 5.41) is 14.0. The first-order valence-electron chi connectivity index (χ1n) is 11.4. The van der Waals surface area contributed by atoms with E-state index in [9.17, 15) is 19.5 Å². The van der Waals surface area contributed by atoms with Gasteiger partial charge < -0.3 is 19.7 Å². The van der Waals surface area contributed by atoms with Crippen LogP contribution >= 0.6 is 0 Å². The number of ether oxygens (including phenoxy) is 1. The van der Waals surface area contributed by atoms with Crippen molar-refractivity contribution in [1.29, 1.82) is 0 Å². The van der Waals surface area contributed by atoms with Crippen LogP contribution in [0.4, 0.5) is 0 Å². The van der Waals surface area contributed by atoms with E-state index in [2.05, 4.69) is 10.3 Å². The van der Waals surface area contributed by atoms with Crippen molar-refractivity contribution >= 4 is 28.7 Å². The lowest BCUT2D eigenvalue weighted by Crippen LogP contribution is -2.56. The maximum atomic E-state index is 13.4. The number of fused-ring (bicyclic) bond motifs is 3. The summed E-state index contributed by atoms with van der Waals surface area (Å²) in [6, 6.07) is 15.0. The molecule has 34 heavy (non-hydrogen) atoms. The van der Waals surface area contributed by atoms with Gasteiger partial charge in [0.1, 0.15) is 12.1 Å². The number of amides is 1. The van der Waals surface area contributed by atoms with Gasteiger partial charge in [-0.1, -0.05) is 48.5 Å². The Hall–Kier alpha value is -3.65.